The van der Waals surface area contributed by atoms with E-state index in [9.17, 15) is 9.59 Å². The number of hydrogen-bond acceptors (Lipinski definition) is 3. The van der Waals surface area contributed by atoms with Gasteiger partial charge in [0.25, 0.3) is 0 Å². The van der Waals surface area contributed by atoms with Crippen LogP contribution in [-0.2, 0) is 9.53 Å². The highest BCUT2D eigenvalue weighted by Gasteiger charge is 2.24. The van der Waals surface area contributed by atoms with Gasteiger partial charge in [-0.3, -0.25) is 4.79 Å². The minimum Gasteiger partial charge on any atom is -0.381 e. The molecule has 0 aromatic heterocycles. The summed E-state index contributed by atoms with van der Waals surface area (Å²) in [6, 6.07) is -0.0521. The molecular formula is C14H25N3O3. The van der Waals surface area contributed by atoms with Gasteiger partial charge in [-0.1, -0.05) is 0 Å². The quantitative estimate of drug-likeness (QED) is 0.810. The molecule has 0 radical (unpaired) electrons. The smallest absolute Gasteiger partial charge is 0.317 e. The lowest BCUT2D eigenvalue weighted by Gasteiger charge is -2.26. The predicted molar refractivity (Wildman–Crippen MR) is 75.4 cm³/mol. The number of nitrogens with one attached hydrogen (secondary N) is 1. The summed E-state index contributed by atoms with van der Waals surface area (Å²) in [4.78, 5) is 27.6. The molecule has 2 saturated heterocycles. The molecule has 2 rings (SSSR count). The second-order valence-electron chi connectivity index (χ2n) is 5.54. The van der Waals surface area contributed by atoms with E-state index in [1.807, 2.05) is 4.90 Å². The van der Waals surface area contributed by atoms with Crippen molar-refractivity contribution in [3.63, 3.8) is 0 Å². The molecule has 2 heterocycles. The van der Waals surface area contributed by atoms with E-state index >= 15 is 0 Å². The van der Waals surface area contributed by atoms with Crippen molar-refractivity contribution < 1.29 is 14.3 Å². The van der Waals surface area contributed by atoms with Crippen LogP contribution in [0.5, 0.6) is 0 Å². The number of urea groups is 1. The molecular weight excluding hydrogens is 258 g/mol. The van der Waals surface area contributed by atoms with Crippen LogP contribution >= 0.6 is 0 Å². The first-order chi connectivity index (χ1) is 9.70. The first-order valence-electron chi connectivity index (χ1n) is 7.53. The number of ether oxygens (including phenoxy) is 1. The maximum absolute atomic E-state index is 12.3. The Kier molecular flexibility index (Phi) is 5.64. The van der Waals surface area contributed by atoms with Crippen molar-refractivity contribution >= 4 is 11.9 Å². The molecule has 1 N–H and O–H groups in total. The zero-order valence-corrected chi connectivity index (χ0v) is 12.3. The molecule has 2 aliphatic rings. The number of carbonyl (C=O) groups is 2. The molecule has 114 valence electrons. The Labute approximate surface area is 120 Å². The van der Waals surface area contributed by atoms with Gasteiger partial charge in [0.2, 0.25) is 5.91 Å². The van der Waals surface area contributed by atoms with Crippen LogP contribution in [0.4, 0.5) is 4.79 Å². The first-order valence-corrected chi connectivity index (χ1v) is 7.53. The molecule has 0 bridgehead atoms. The summed E-state index contributed by atoms with van der Waals surface area (Å²) < 4.78 is 5.32. The fourth-order valence-corrected chi connectivity index (χ4v) is 2.85. The van der Waals surface area contributed by atoms with E-state index < -0.39 is 0 Å². The Morgan fingerprint density at radius 3 is 2.45 bits per heavy atom. The predicted octanol–water partition coefficient (Wildman–Crippen LogP) is 0.677. The average molecular weight is 283 g/mol. The highest BCUT2D eigenvalue weighted by atomic mass is 16.5. The molecule has 0 atom stereocenters. The van der Waals surface area contributed by atoms with Gasteiger partial charge in [0, 0.05) is 52.9 Å². The van der Waals surface area contributed by atoms with E-state index in [2.05, 4.69) is 5.32 Å². The molecule has 0 saturated carbocycles. The molecule has 3 amide bonds. The lowest BCUT2D eigenvalue weighted by molar-refractivity contribution is -0.132. The van der Waals surface area contributed by atoms with Crippen molar-refractivity contribution in [1.29, 1.82) is 0 Å². The van der Waals surface area contributed by atoms with Gasteiger partial charge in [-0.25, -0.2) is 4.79 Å². The molecule has 20 heavy (non-hydrogen) atoms. The Hall–Kier alpha value is -1.30. The third kappa shape index (κ3) is 4.10. The third-order valence-corrected chi connectivity index (χ3v) is 4.15. The number of hydrogen-bond donors (Lipinski definition) is 1. The summed E-state index contributed by atoms with van der Waals surface area (Å²) in [6.07, 6.45) is 3.46. The molecule has 0 unspecified atom stereocenters. The molecule has 6 nitrogen and oxygen atoms in total. The zero-order chi connectivity index (χ0) is 14.4. The second kappa shape index (κ2) is 7.47. The van der Waals surface area contributed by atoms with E-state index in [-0.39, 0.29) is 11.9 Å². The van der Waals surface area contributed by atoms with E-state index in [1.54, 1.807) is 11.9 Å². The minimum absolute atomic E-state index is 0.0521. The van der Waals surface area contributed by atoms with E-state index in [0.717, 1.165) is 45.6 Å². The van der Waals surface area contributed by atoms with Crippen molar-refractivity contribution in [3.05, 3.63) is 0 Å². The highest BCUT2D eigenvalue weighted by Crippen LogP contribution is 2.20. The summed E-state index contributed by atoms with van der Waals surface area (Å²) in [5, 5.41) is 2.64. The van der Waals surface area contributed by atoms with Crippen LogP contribution in [0.1, 0.15) is 25.7 Å². The van der Waals surface area contributed by atoms with Crippen LogP contribution in [0.15, 0.2) is 0 Å². The Balaban J connectivity index is 1.80. The van der Waals surface area contributed by atoms with Crippen LogP contribution in [0, 0.1) is 5.92 Å². The maximum Gasteiger partial charge on any atom is 0.317 e. The molecule has 2 fully saturated rings. The minimum atomic E-state index is -0.0521. The molecule has 0 aromatic rings. The number of amides is 3. The molecule has 0 aromatic carbocycles. The van der Waals surface area contributed by atoms with Crippen LogP contribution in [-0.4, -0.2) is 68.2 Å². The van der Waals surface area contributed by atoms with Crippen molar-refractivity contribution in [2.45, 2.75) is 25.7 Å². The van der Waals surface area contributed by atoms with Gasteiger partial charge in [-0.15, -0.1) is 0 Å². The zero-order valence-electron chi connectivity index (χ0n) is 12.3. The molecule has 0 aliphatic carbocycles. The summed E-state index contributed by atoms with van der Waals surface area (Å²) in [5.41, 5.74) is 0. The molecule has 2 aliphatic heterocycles. The van der Waals surface area contributed by atoms with Crippen molar-refractivity contribution in [1.82, 2.24) is 15.1 Å². The first kappa shape index (κ1) is 15.1. The summed E-state index contributed by atoms with van der Waals surface area (Å²) >= 11 is 0. The van der Waals surface area contributed by atoms with Gasteiger partial charge in [0.15, 0.2) is 0 Å². The van der Waals surface area contributed by atoms with Crippen LogP contribution in [0.3, 0.4) is 0 Å². The second-order valence-corrected chi connectivity index (χ2v) is 5.54. The van der Waals surface area contributed by atoms with Crippen molar-refractivity contribution in [2.75, 3.05) is 46.4 Å². The fraction of sp³-hybridized carbons (Fsp3) is 0.857. The Morgan fingerprint density at radius 2 is 1.75 bits per heavy atom. The summed E-state index contributed by atoms with van der Waals surface area (Å²) in [6.45, 7) is 4.32. The molecule has 0 spiro atoms. The summed E-state index contributed by atoms with van der Waals surface area (Å²) in [5.74, 6) is 0.699. The van der Waals surface area contributed by atoms with Gasteiger partial charge in [-0.05, 0) is 25.2 Å². The van der Waals surface area contributed by atoms with Crippen molar-refractivity contribution in [3.8, 4) is 0 Å². The van der Waals surface area contributed by atoms with Gasteiger partial charge < -0.3 is 19.9 Å². The monoisotopic (exact) mass is 283 g/mol. The topological polar surface area (TPSA) is 61.9 Å². The van der Waals surface area contributed by atoms with E-state index in [0.29, 0.717) is 25.4 Å². The average Bonchev–Trinajstić information content (AvgIpc) is 2.73. The lowest BCUT2D eigenvalue weighted by Crippen LogP contribution is -2.41. The highest BCUT2D eigenvalue weighted by molar-refractivity contribution is 5.77. The van der Waals surface area contributed by atoms with E-state index in [4.69, 9.17) is 4.74 Å². The third-order valence-electron chi connectivity index (χ3n) is 4.15. The number of carbonyl (C=O) groups excluding carboxylic acids is 2. The van der Waals surface area contributed by atoms with E-state index in [1.165, 1.54) is 0 Å². The van der Waals surface area contributed by atoms with Crippen LogP contribution in [0.25, 0.3) is 0 Å². The van der Waals surface area contributed by atoms with Gasteiger partial charge in [0.1, 0.15) is 0 Å². The standard InChI is InChI=1S/C14H25N3O3/c1-15-14(19)17-6-2-5-16(7-8-17)13(18)11-12-3-9-20-10-4-12/h12H,2-11H2,1H3,(H,15,19). The molecule has 6 heteroatoms. The fourth-order valence-electron chi connectivity index (χ4n) is 2.85. The van der Waals surface area contributed by atoms with Gasteiger partial charge in [0.05, 0.1) is 0 Å². The number of rotatable bonds is 2. The van der Waals surface area contributed by atoms with Crippen molar-refractivity contribution in [2.24, 2.45) is 5.92 Å². The SMILES string of the molecule is CNC(=O)N1CCCN(C(=O)CC2CCOCC2)CC1. The van der Waals surface area contributed by atoms with Gasteiger partial charge >= 0.3 is 6.03 Å². The maximum atomic E-state index is 12.3. The normalized spacial score (nSPS) is 21.4. The largest absolute Gasteiger partial charge is 0.381 e. The Morgan fingerprint density at radius 1 is 1.10 bits per heavy atom. The summed E-state index contributed by atoms with van der Waals surface area (Å²) in [7, 11) is 1.64. The lowest BCUT2D eigenvalue weighted by atomic mass is 9.96. The van der Waals surface area contributed by atoms with Crippen LogP contribution < -0.4 is 5.32 Å². The number of nitrogens with zero attached hydrogens (tertiary/aromatic N) is 2. The van der Waals surface area contributed by atoms with Crippen LogP contribution in [0.2, 0.25) is 0 Å². The van der Waals surface area contributed by atoms with Gasteiger partial charge in [-0.2, -0.15) is 0 Å². The Bertz CT molecular complexity index is 343.